The second kappa shape index (κ2) is 33.8. The summed E-state index contributed by atoms with van der Waals surface area (Å²) in [6.45, 7) is 1.20. The van der Waals surface area contributed by atoms with Gasteiger partial charge in [-0.1, -0.05) is 95.9 Å². The first kappa shape index (κ1) is 59.6. The zero-order valence-electron chi connectivity index (χ0n) is 40.5. The molecule has 0 saturated carbocycles. The molecule has 3 rings (SSSR count). The van der Waals surface area contributed by atoms with Gasteiger partial charge in [0, 0.05) is 81.2 Å². The lowest BCUT2D eigenvalue weighted by Gasteiger charge is -2.24. The number of unbranched alkanes of at least 4 members (excludes halogenated alkanes) is 3. The van der Waals surface area contributed by atoms with Crippen LogP contribution in [0.1, 0.15) is 93.7 Å². The van der Waals surface area contributed by atoms with Crippen LogP contribution in [0, 0.1) is 0 Å². The van der Waals surface area contributed by atoms with Gasteiger partial charge in [-0.25, -0.2) is 14.4 Å². The zero-order valence-corrected chi connectivity index (χ0v) is 41.3. The van der Waals surface area contributed by atoms with Gasteiger partial charge in [0.2, 0.25) is 29.5 Å². The molecule has 22 nitrogen and oxygen atoms in total. The van der Waals surface area contributed by atoms with Crippen LogP contribution in [0.4, 0.5) is 4.79 Å². The lowest BCUT2D eigenvalue weighted by Crippen LogP contribution is -2.55. The number of aliphatic carboxylic acids is 3. The third-order valence-electron chi connectivity index (χ3n) is 11.3. The van der Waals surface area contributed by atoms with Crippen molar-refractivity contribution < 1.29 is 58.5 Å². The largest absolute Gasteiger partial charge is 0.481 e. The molecule has 0 spiro atoms. The van der Waals surface area contributed by atoms with Crippen LogP contribution in [0.5, 0.6) is 0 Å². The number of azide groups is 1. The SMILES string of the molecule is [N-]=[N+]=NCCCNC(=O)[C@@H](Cc1ccccc1)NC(=O)[C@@H](Cc1ccccc1)NC(=O)CCC(=O)NCCCCCC(=O)N(CCCC[C@H](NC(=O)N[C@@H](CCC(=O)O)C(=O)O)C(=O)O)Cc1ccc(Cl)cc1. The Balaban J connectivity index is 1.48. The predicted octanol–water partition coefficient (Wildman–Crippen LogP) is 4.64. The molecule has 9 N–H and O–H groups in total. The smallest absolute Gasteiger partial charge is 0.326 e. The molecule has 0 unspecified atom stereocenters. The summed E-state index contributed by atoms with van der Waals surface area (Å²) in [6, 6.07) is 19.0. The molecule has 394 valence electrons. The number of rotatable bonds is 35. The molecule has 0 saturated heterocycles. The van der Waals surface area contributed by atoms with E-state index in [2.05, 4.69) is 41.9 Å². The van der Waals surface area contributed by atoms with Crippen LogP contribution in [0.25, 0.3) is 10.4 Å². The molecule has 0 heterocycles. The molecule has 73 heavy (non-hydrogen) atoms. The summed E-state index contributed by atoms with van der Waals surface area (Å²) in [5.74, 6) is -6.22. The van der Waals surface area contributed by atoms with E-state index in [9.17, 15) is 53.4 Å². The fourth-order valence-corrected chi connectivity index (χ4v) is 7.49. The molecular formula is C50H65ClN10O12. The number of benzene rings is 3. The molecule has 4 atom stereocenters. The minimum Gasteiger partial charge on any atom is -0.481 e. The highest BCUT2D eigenvalue weighted by Gasteiger charge is 2.28. The number of nitrogens with zero attached hydrogens (tertiary/aromatic N) is 4. The molecular weight excluding hydrogens is 968 g/mol. The molecule has 0 bridgehead atoms. The van der Waals surface area contributed by atoms with Gasteiger partial charge in [0.25, 0.3) is 0 Å². The van der Waals surface area contributed by atoms with Gasteiger partial charge in [-0.3, -0.25) is 28.8 Å². The Morgan fingerprint density at radius 2 is 1.14 bits per heavy atom. The van der Waals surface area contributed by atoms with Gasteiger partial charge in [-0.2, -0.15) is 0 Å². The van der Waals surface area contributed by atoms with Crippen molar-refractivity contribution in [1.29, 1.82) is 0 Å². The Labute approximate surface area is 428 Å². The minimum absolute atomic E-state index is 0.0389. The van der Waals surface area contributed by atoms with Gasteiger partial charge in [-0.15, -0.1) is 0 Å². The van der Waals surface area contributed by atoms with Crippen molar-refractivity contribution in [1.82, 2.24) is 36.8 Å². The topological polar surface area (TPSA) is 338 Å². The quantitative estimate of drug-likeness (QED) is 0.0168. The molecule has 3 aromatic rings. The summed E-state index contributed by atoms with van der Waals surface area (Å²) in [6.07, 6.45) is 1.79. The van der Waals surface area contributed by atoms with Crippen molar-refractivity contribution in [2.45, 2.75) is 121 Å². The summed E-state index contributed by atoms with van der Waals surface area (Å²) in [4.78, 5) is 118. The highest BCUT2D eigenvalue weighted by Crippen LogP contribution is 2.15. The second-order valence-corrected chi connectivity index (χ2v) is 17.5. The number of carbonyl (C=O) groups is 9. The van der Waals surface area contributed by atoms with E-state index in [-0.39, 0.29) is 89.5 Å². The summed E-state index contributed by atoms with van der Waals surface area (Å²) in [5, 5.41) is 47.3. The van der Waals surface area contributed by atoms with E-state index >= 15 is 0 Å². The number of nitrogens with one attached hydrogen (secondary N) is 6. The lowest BCUT2D eigenvalue weighted by atomic mass is 10.0. The summed E-state index contributed by atoms with van der Waals surface area (Å²) in [7, 11) is 0. The average Bonchev–Trinajstić information content (AvgIpc) is 3.36. The van der Waals surface area contributed by atoms with Crippen molar-refractivity contribution in [3.05, 3.63) is 117 Å². The van der Waals surface area contributed by atoms with Gasteiger partial charge in [0.15, 0.2) is 0 Å². The molecule has 0 aromatic heterocycles. The van der Waals surface area contributed by atoms with E-state index in [1.807, 2.05) is 36.4 Å². The average molecular weight is 1030 g/mol. The van der Waals surface area contributed by atoms with Gasteiger partial charge >= 0.3 is 23.9 Å². The number of hydrogen-bond donors (Lipinski definition) is 9. The van der Waals surface area contributed by atoms with E-state index in [0.717, 1.165) is 16.7 Å². The number of urea groups is 1. The summed E-state index contributed by atoms with van der Waals surface area (Å²) < 4.78 is 0. The van der Waals surface area contributed by atoms with Crippen molar-refractivity contribution >= 4 is 65.1 Å². The predicted molar refractivity (Wildman–Crippen MR) is 269 cm³/mol. The van der Waals surface area contributed by atoms with Crippen LogP contribution in [0.2, 0.25) is 5.02 Å². The number of carbonyl (C=O) groups excluding carboxylic acids is 6. The molecule has 3 aromatic carbocycles. The third-order valence-corrected chi connectivity index (χ3v) is 11.5. The Bertz CT molecular complexity index is 2320. The third kappa shape index (κ3) is 25.3. The van der Waals surface area contributed by atoms with Crippen LogP contribution in [0.15, 0.2) is 90.0 Å². The second-order valence-electron chi connectivity index (χ2n) is 17.1. The molecule has 23 heteroatoms. The van der Waals surface area contributed by atoms with Crippen molar-refractivity contribution in [3.8, 4) is 0 Å². The van der Waals surface area contributed by atoms with Crippen LogP contribution in [-0.2, 0) is 57.7 Å². The van der Waals surface area contributed by atoms with Crippen LogP contribution in [-0.4, -0.2) is 124 Å². The van der Waals surface area contributed by atoms with Crippen molar-refractivity contribution in [2.75, 3.05) is 26.2 Å². The highest BCUT2D eigenvalue weighted by molar-refractivity contribution is 6.30. The molecule has 0 aliphatic rings. The molecule has 0 radical (unpaired) electrons. The van der Waals surface area contributed by atoms with Crippen LogP contribution < -0.4 is 31.9 Å². The number of hydrogen-bond acceptors (Lipinski definition) is 10. The molecule has 0 aliphatic heterocycles. The first-order valence-corrected chi connectivity index (χ1v) is 24.4. The Kier molecular flexibility index (Phi) is 27.6. The monoisotopic (exact) mass is 1030 g/mol. The summed E-state index contributed by atoms with van der Waals surface area (Å²) in [5.41, 5.74) is 10.9. The van der Waals surface area contributed by atoms with Crippen LogP contribution >= 0.6 is 11.6 Å². The number of halogens is 1. The van der Waals surface area contributed by atoms with Crippen molar-refractivity contribution in [2.24, 2.45) is 5.11 Å². The molecule has 7 amide bonds. The first-order chi connectivity index (χ1) is 35.0. The van der Waals surface area contributed by atoms with E-state index < -0.39 is 78.7 Å². The van der Waals surface area contributed by atoms with Gasteiger partial charge in [0.05, 0.1) is 0 Å². The normalized spacial score (nSPS) is 12.3. The Morgan fingerprint density at radius 3 is 1.73 bits per heavy atom. The molecule has 0 aliphatic carbocycles. The first-order valence-electron chi connectivity index (χ1n) is 24.0. The molecule has 0 fully saturated rings. The Hall–Kier alpha value is -7.71. The fourth-order valence-electron chi connectivity index (χ4n) is 7.36. The maximum absolute atomic E-state index is 13.8. The van der Waals surface area contributed by atoms with Gasteiger partial charge in [0.1, 0.15) is 24.2 Å². The maximum atomic E-state index is 13.8. The minimum atomic E-state index is -1.54. The summed E-state index contributed by atoms with van der Waals surface area (Å²) >= 11 is 6.06. The Morgan fingerprint density at radius 1 is 0.562 bits per heavy atom. The number of carboxylic acids is 3. The van der Waals surface area contributed by atoms with Gasteiger partial charge < -0.3 is 52.1 Å². The fraction of sp³-hybridized carbons (Fsp3) is 0.460. The lowest BCUT2D eigenvalue weighted by molar-refractivity contribution is -0.141. The number of amides is 7. The highest BCUT2D eigenvalue weighted by atomic mass is 35.5. The van der Waals surface area contributed by atoms with Gasteiger partial charge in [-0.05, 0) is 79.3 Å². The van der Waals surface area contributed by atoms with E-state index in [0.29, 0.717) is 37.1 Å². The maximum Gasteiger partial charge on any atom is 0.326 e. The van der Waals surface area contributed by atoms with Crippen LogP contribution in [0.3, 0.4) is 0 Å². The van der Waals surface area contributed by atoms with Crippen molar-refractivity contribution in [3.63, 3.8) is 0 Å². The van der Waals surface area contributed by atoms with E-state index in [1.54, 1.807) is 53.4 Å². The number of carboxylic acid groups (broad SMARTS) is 3. The standard InChI is InChI=1S/C50H65ClN10O12/c51-37-21-19-36(20-22-37)33-61(30-11-9-17-38(48(69)70)58-50(73)59-39(49(71)72)23-26-45(65)66)44(64)18-8-3-10-27-53-42(62)24-25-43(63)56-41(32-35-15-6-2-7-16-35)47(68)57-40(31-34-13-4-1-5-14-34)46(67)54-28-12-29-55-60-52/h1-2,4-7,13-16,19-22,38-41H,3,8-12,17-18,23-33H2,(H,53,62)(H,54,67)(H,56,63)(H,57,68)(H,65,66)(H,69,70)(H,71,72)(H2,58,59,73)/t38-,39-,40+,41+/m0/s1. The van der Waals surface area contributed by atoms with E-state index in [1.165, 1.54) is 0 Å². The zero-order chi connectivity index (χ0) is 53.4. The van der Waals surface area contributed by atoms with E-state index in [4.69, 9.17) is 22.2 Å².